The molecule has 1 aromatic rings. The number of phenols is 1. The van der Waals surface area contributed by atoms with Gasteiger partial charge in [-0.2, -0.15) is 0 Å². The summed E-state index contributed by atoms with van der Waals surface area (Å²) in [5.74, 6) is 0.239. The molecule has 1 amide bonds. The summed E-state index contributed by atoms with van der Waals surface area (Å²) >= 11 is 0. The third-order valence-corrected chi connectivity index (χ3v) is 4.45. The Morgan fingerprint density at radius 1 is 1.35 bits per heavy atom. The number of carbonyl (C=O) groups is 1. The van der Waals surface area contributed by atoms with E-state index in [1.807, 2.05) is 19.1 Å². The standard InChI is InChI=1S/C16H24N2O2/c1-11(12-7-4-6-10-15(12)19)18(2)16(20)13-8-3-5-9-14(13)17/h4,6-7,10-11,13-14,19H,3,5,8-9,17H2,1-2H3. The van der Waals surface area contributed by atoms with E-state index in [-0.39, 0.29) is 29.7 Å². The second kappa shape index (κ2) is 6.27. The van der Waals surface area contributed by atoms with Gasteiger partial charge in [-0.3, -0.25) is 4.79 Å². The molecule has 4 nitrogen and oxygen atoms in total. The van der Waals surface area contributed by atoms with Crippen molar-refractivity contribution in [1.82, 2.24) is 4.90 Å². The van der Waals surface area contributed by atoms with E-state index < -0.39 is 0 Å². The highest BCUT2D eigenvalue weighted by Crippen LogP contribution is 2.31. The molecule has 0 aliphatic heterocycles. The lowest BCUT2D eigenvalue weighted by atomic mass is 9.84. The predicted molar refractivity (Wildman–Crippen MR) is 79.2 cm³/mol. The molecular formula is C16H24N2O2. The molecule has 0 bridgehead atoms. The van der Waals surface area contributed by atoms with Gasteiger partial charge in [-0.25, -0.2) is 0 Å². The molecule has 1 aromatic carbocycles. The van der Waals surface area contributed by atoms with Crippen molar-refractivity contribution in [1.29, 1.82) is 0 Å². The number of nitrogens with zero attached hydrogens (tertiary/aromatic N) is 1. The number of amides is 1. The summed E-state index contributed by atoms with van der Waals surface area (Å²) in [5.41, 5.74) is 6.86. The van der Waals surface area contributed by atoms with E-state index in [0.29, 0.717) is 0 Å². The molecule has 0 heterocycles. The average Bonchev–Trinajstić information content (AvgIpc) is 2.46. The highest BCUT2D eigenvalue weighted by atomic mass is 16.3. The smallest absolute Gasteiger partial charge is 0.227 e. The van der Waals surface area contributed by atoms with Gasteiger partial charge in [0.2, 0.25) is 5.91 Å². The van der Waals surface area contributed by atoms with Crippen molar-refractivity contribution < 1.29 is 9.90 Å². The number of hydrogen-bond acceptors (Lipinski definition) is 3. The van der Waals surface area contributed by atoms with Gasteiger partial charge in [0, 0.05) is 18.7 Å². The maximum Gasteiger partial charge on any atom is 0.227 e. The second-order valence-electron chi connectivity index (χ2n) is 5.74. The van der Waals surface area contributed by atoms with Gasteiger partial charge in [-0.05, 0) is 25.8 Å². The Hall–Kier alpha value is -1.55. The van der Waals surface area contributed by atoms with Gasteiger partial charge in [-0.1, -0.05) is 31.0 Å². The largest absolute Gasteiger partial charge is 0.508 e. The van der Waals surface area contributed by atoms with Crippen molar-refractivity contribution in [2.24, 2.45) is 11.7 Å². The van der Waals surface area contributed by atoms with Crippen LogP contribution in [-0.4, -0.2) is 29.0 Å². The molecule has 4 heteroatoms. The topological polar surface area (TPSA) is 66.6 Å². The summed E-state index contributed by atoms with van der Waals surface area (Å²) in [7, 11) is 1.79. The molecule has 3 unspecified atom stereocenters. The summed E-state index contributed by atoms with van der Waals surface area (Å²) in [5, 5.41) is 9.91. The maximum atomic E-state index is 12.6. The van der Waals surface area contributed by atoms with Crippen LogP contribution >= 0.6 is 0 Å². The highest BCUT2D eigenvalue weighted by molar-refractivity contribution is 5.80. The SMILES string of the molecule is CC(c1ccccc1O)N(C)C(=O)C1CCCCC1N. The van der Waals surface area contributed by atoms with Crippen LogP contribution in [-0.2, 0) is 4.79 Å². The fourth-order valence-electron chi connectivity index (χ4n) is 2.97. The Bertz CT molecular complexity index is 475. The molecule has 1 saturated carbocycles. The van der Waals surface area contributed by atoms with Crippen LogP contribution in [0.3, 0.4) is 0 Å². The number of rotatable bonds is 3. The van der Waals surface area contributed by atoms with E-state index in [9.17, 15) is 9.90 Å². The third-order valence-electron chi connectivity index (χ3n) is 4.45. The van der Waals surface area contributed by atoms with Crippen molar-refractivity contribution in [3.05, 3.63) is 29.8 Å². The average molecular weight is 276 g/mol. The fourth-order valence-corrected chi connectivity index (χ4v) is 2.97. The van der Waals surface area contributed by atoms with E-state index in [0.717, 1.165) is 31.2 Å². The van der Waals surface area contributed by atoms with E-state index in [2.05, 4.69) is 0 Å². The van der Waals surface area contributed by atoms with Crippen molar-refractivity contribution in [2.75, 3.05) is 7.05 Å². The van der Waals surface area contributed by atoms with Crippen LogP contribution in [0.2, 0.25) is 0 Å². The Morgan fingerprint density at radius 2 is 2.00 bits per heavy atom. The minimum atomic E-state index is -0.155. The Kier molecular flexibility index (Phi) is 4.65. The first-order chi connectivity index (χ1) is 9.52. The number of benzene rings is 1. The van der Waals surface area contributed by atoms with Crippen LogP contribution in [0.5, 0.6) is 5.75 Å². The van der Waals surface area contributed by atoms with Gasteiger partial charge in [0.15, 0.2) is 0 Å². The van der Waals surface area contributed by atoms with Crippen LogP contribution in [0.1, 0.15) is 44.2 Å². The first-order valence-corrected chi connectivity index (χ1v) is 7.32. The monoisotopic (exact) mass is 276 g/mol. The van der Waals surface area contributed by atoms with Crippen molar-refractivity contribution in [2.45, 2.75) is 44.7 Å². The van der Waals surface area contributed by atoms with Gasteiger partial charge >= 0.3 is 0 Å². The predicted octanol–water partition coefficient (Wildman–Crippen LogP) is 2.43. The van der Waals surface area contributed by atoms with Gasteiger partial charge in [0.25, 0.3) is 0 Å². The lowest BCUT2D eigenvalue weighted by molar-refractivity contribution is -0.137. The van der Waals surface area contributed by atoms with Crippen LogP contribution in [0.4, 0.5) is 0 Å². The van der Waals surface area contributed by atoms with E-state index in [4.69, 9.17) is 5.73 Å². The minimum Gasteiger partial charge on any atom is -0.508 e. The fraction of sp³-hybridized carbons (Fsp3) is 0.562. The minimum absolute atomic E-state index is 0.0322. The molecule has 20 heavy (non-hydrogen) atoms. The molecule has 0 aromatic heterocycles. The molecule has 1 fully saturated rings. The molecule has 110 valence electrons. The Morgan fingerprint density at radius 3 is 2.65 bits per heavy atom. The number of para-hydroxylation sites is 1. The lowest BCUT2D eigenvalue weighted by Crippen LogP contribution is -2.45. The van der Waals surface area contributed by atoms with Crippen molar-refractivity contribution >= 4 is 5.91 Å². The van der Waals surface area contributed by atoms with Gasteiger partial charge in [0.1, 0.15) is 5.75 Å². The molecule has 2 rings (SSSR count). The van der Waals surface area contributed by atoms with Gasteiger partial charge < -0.3 is 15.7 Å². The van der Waals surface area contributed by atoms with E-state index in [1.165, 1.54) is 0 Å². The van der Waals surface area contributed by atoms with Crippen LogP contribution in [0.25, 0.3) is 0 Å². The normalized spacial score (nSPS) is 24.1. The Balaban J connectivity index is 2.12. The molecule has 0 saturated heterocycles. The summed E-state index contributed by atoms with van der Waals surface area (Å²) in [4.78, 5) is 14.3. The number of hydrogen-bond donors (Lipinski definition) is 2. The number of phenolic OH excluding ortho intramolecular Hbond substituents is 1. The first-order valence-electron chi connectivity index (χ1n) is 7.32. The van der Waals surface area contributed by atoms with Crippen molar-refractivity contribution in [3.63, 3.8) is 0 Å². The summed E-state index contributed by atoms with van der Waals surface area (Å²) in [6.07, 6.45) is 3.99. The molecule has 3 N–H and O–H groups in total. The zero-order chi connectivity index (χ0) is 14.7. The van der Waals surface area contributed by atoms with Gasteiger partial charge in [0.05, 0.1) is 12.0 Å². The summed E-state index contributed by atoms with van der Waals surface area (Å²) in [6.45, 7) is 1.93. The second-order valence-corrected chi connectivity index (χ2v) is 5.74. The highest BCUT2D eigenvalue weighted by Gasteiger charge is 2.32. The van der Waals surface area contributed by atoms with E-state index >= 15 is 0 Å². The van der Waals surface area contributed by atoms with Gasteiger partial charge in [-0.15, -0.1) is 0 Å². The summed E-state index contributed by atoms with van der Waals surface area (Å²) < 4.78 is 0. The van der Waals surface area contributed by atoms with Crippen LogP contribution in [0.15, 0.2) is 24.3 Å². The molecular weight excluding hydrogens is 252 g/mol. The van der Waals surface area contributed by atoms with E-state index in [1.54, 1.807) is 24.1 Å². The summed E-state index contributed by atoms with van der Waals surface area (Å²) in [6, 6.07) is 6.97. The third kappa shape index (κ3) is 2.96. The quantitative estimate of drug-likeness (QED) is 0.891. The maximum absolute atomic E-state index is 12.6. The molecule has 1 aliphatic carbocycles. The van der Waals surface area contributed by atoms with Crippen LogP contribution in [0, 0.1) is 5.92 Å². The first kappa shape index (κ1) is 14.9. The number of nitrogens with two attached hydrogens (primary N) is 1. The zero-order valence-electron chi connectivity index (χ0n) is 12.2. The van der Waals surface area contributed by atoms with Crippen molar-refractivity contribution in [3.8, 4) is 5.75 Å². The number of carbonyl (C=O) groups excluding carboxylic acids is 1. The van der Waals surface area contributed by atoms with Crippen LogP contribution < -0.4 is 5.73 Å². The molecule has 1 aliphatic rings. The molecule has 0 spiro atoms. The zero-order valence-corrected chi connectivity index (χ0v) is 12.2. The number of aromatic hydroxyl groups is 1. The molecule has 3 atom stereocenters. The molecule has 0 radical (unpaired) electrons. The Labute approximate surface area is 120 Å². The lowest BCUT2D eigenvalue weighted by Gasteiger charge is -2.34.